The minimum absolute atomic E-state index is 0.125. The maximum absolute atomic E-state index is 14.5. The molecule has 25 heavy (non-hydrogen) atoms. The number of fused-ring (bicyclic) bond motifs is 1. The van der Waals surface area contributed by atoms with Crippen LogP contribution in [-0.4, -0.2) is 32.7 Å². The molecule has 0 saturated carbocycles. The molecule has 3 heterocycles. The fourth-order valence-corrected chi connectivity index (χ4v) is 3.50. The fourth-order valence-electron chi connectivity index (χ4n) is 3.24. The van der Waals surface area contributed by atoms with Gasteiger partial charge in [-0.1, -0.05) is 18.5 Å². The fraction of sp³-hybridized carbons (Fsp3) is 0.353. The van der Waals surface area contributed by atoms with E-state index in [-0.39, 0.29) is 10.7 Å². The summed E-state index contributed by atoms with van der Waals surface area (Å²) in [6.07, 6.45) is 3.42. The van der Waals surface area contributed by atoms with E-state index in [0.29, 0.717) is 23.1 Å². The number of hydrogen-bond donors (Lipinski definition) is 0. The standard InChI is InChI=1S/C17H16ClF2N5/c1-10-4-6-24(7-5-10)16-14(12-3-2-11(19)8-13(12)20)15(18)23-17-21-9-22-25(16)17/h2-3,8-10H,4-7H2,1H3. The maximum Gasteiger partial charge on any atom is 0.255 e. The summed E-state index contributed by atoms with van der Waals surface area (Å²) in [5.41, 5.74) is 0.608. The normalized spacial score (nSPS) is 15.9. The Kier molecular flexibility index (Phi) is 4.03. The number of hydrogen-bond acceptors (Lipinski definition) is 4. The van der Waals surface area contributed by atoms with Crippen molar-refractivity contribution in [1.29, 1.82) is 0 Å². The van der Waals surface area contributed by atoms with Crippen LogP contribution < -0.4 is 4.90 Å². The van der Waals surface area contributed by atoms with Crippen molar-refractivity contribution in [3.05, 3.63) is 41.3 Å². The molecule has 1 aliphatic heterocycles. The Labute approximate surface area is 148 Å². The van der Waals surface area contributed by atoms with Crippen LogP contribution in [0.3, 0.4) is 0 Å². The van der Waals surface area contributed by atoms with Crippen LogP contribution in [0.4, 0.5) is 14.6 Å². The molecule has 0 unspecified atom stereocenters. The summed E-state index contributed by atoms with van der Waals surface area (Å²) < 4.78 is 29.4. The number of aromatic nitrogens is 4. The van der Waals surface area contributed by atoms with Crippen LogP contribution in [0.5, 0.6) is 0 Å². The van der Waals surface area contributed by atoms with E-state index in [9.17, 15) is 8.78 Å². The minimum Gasteiger partial charge on any atom is -0.356 e. The van der Waals surface area contributed by atoms with Crippen molar-refractivity contribution in [2.24, 2.45) is 5.92 Å². The first kappa shape index (κ1) is 16.2. The summed E-state index contributed by atoms with van der Waals surface area (Å²) in [5, 5.41) is 4.36. The predicted molar refractivity (Wildman–Crippen MR) is 91.8 cm³/mol. The molecule has 5 nitrogen and oxygen atoms in total. The number of anilines is 1. The first-order chi connectivity index (χ1) is 12.0. The van der Waals surface area contributed by atoms with Gasteiger partial charge in [0, 0.05) is 24.7 Å². The van der Waals surface area contributed by atoms with Crippen molar-refractivity contribution in [2.45, 2.75) is 19.8 Å². The van der Waals surface area contributed by atoms with Gasteiger partial charge in [-0.05, 0) is 30.9 Å². The van der Waals surface area contributed by atoms with E-state index in [0.717, 1.165) is 32.0 Å². The van der Waals surface area contributed by atoms with Gasteiger partial charge in [0.2, 0.25) is 0 Å². The van der Waals surface area contributed by atoms with Gasteiger partial charge in [0.15, 0.2) is 0 Å². The Balaban J connectivity index is 1.96. The van der Waals surface area contributed by atoms with Gasteiger partial charge in [-0.2, -0.15) is 19.6 Å². The molecule has 1 fully saturated rings. The Morgan fingerprint density at radius 1 is 1.20 bits per heavy atom. The molecule has 0 aliphatic carbocycles. The van der Waals surface area contributed by atoms with Crippen molar-refractivity contribution < 1.29 is 8.78 Å². The second-order valence-electron chi connectivity index (χ2n) is 6.37. The minimum atomic E-state index is -0.685. The monoisotopic (exact) mass is 363 g/mol. The molecule has 1 aromatic carbocycles. The summed E-state index contributed by atoms with van der Waals surface area (Å²) in [6.45, 7) is 3.81. The van der Waals surface area contributed by atoms with Crippen molar-refractivity contribution >= 4 is 23.2 Å². The number of benzene rings is 1. The van der Waals surface area contributed by atoms with E-state index < -0.39 is 11.6 Å². The zero-order chi connectivity index (χ0) is 17.6. The highest BCUT2D eigenvalue weighted by Gasteiger charge is 2.26. The summed E-state index contributed by atoms with van der Waals surface area (Å²) in [5.74, 6) is 0.302. The number of piperidine rings is 1. The third-order valence-corrected chi connectivity index (χ3v) is 4.92. The topological polar surface area (TPSA) is 46.3 Å². The molecule has 130 valence electrons. The van der Waals surface area contributed by atoms with Crippen molar-refractivity contribution in [1.82, 2.24) is 19.6 Å². The molecular weight excluding hydrogens is 348 g/mol. The number of nitrogens with zero attached hydrogens (tertiary/aromatic N) is 5. The molecule has 0 atom stereocenters. The van der Waals surface area contributed by atoms with Crippen molar-refractivity contribution in [2.75, 3.05) is 18.0 Å². The third-order valence-electron chi connectivity index (χ3n) is 4.64. The van der Waals surface area contributed by atoms with Crippen LogP contribution in [0.25, 0.3) is 16.9 Å². The van der Waals surface area contributed by atoms with Gasteiger partial charge in [-0.25, -0.2) is 8.78 Å². The molecule has 0 amide bonds. The van der Waals surface area contributed by atoms with Gasteiger partial charge in [0.1, 0.15) is 28.9 Å². The molecular formula is C17H16ClF2N5. The lowest BCUT2D eigenvalue weighted by Gasteiger charge is -2.33. The van der Waals surface area contributed by atoms with E-state index in [1.54, 1.807) is 4.52 Å². The highest BCUT2D eigenvalue weighted by atomic mass is 35.5. The SMILES string of the molecule is CC1CCN(c2c(-c3ccc(F)cc3F)c(Cl)nc3ncnn23)CC1. The number of rotatable bonds is 2. The third kappa shape index (κ3) is 2.82. The average molecular weight is 364 g/mol. The van der Waals surface area contributed by atoms with Gasteiger partial charge in [-0.3, -0.25) is 0 Å². The molecule has 0 spiro atoms. The molecule has 0 N–H and O–H groups in total. The second kappa shape index (κ2) is 6.22. The van der Waals surface area contributed by atoms with E-state index >= 15 is 0 Å². The van der Waals surface area contributed by atoms with Crippen LogP contribution in [-0.2, 0) is 0 Å². The molecule has 8 heteroatoms. The van der Waals surface area contributed by atoms with Gasteiger partial charge in [0.05, 0.1) is 5.56 Å². The molecule has 0 radical (unpaired) electrons. The van der Waals surface area contributed by atoms with Gasteiger partial charge in [-0.15, -0.1) is 0 Å². The first-order valence-corrected chi connectivity index (χ1v) is 8.52. The Hall–Kier alpha value is -2.28. The smallest absolute Gasteiger partial charge is 0.255 e. The lowest BCUT2D eigenvalue weighted by molar-refractivity contribution is 0.435. The Morgan fingerprint density at radius 3 is 2.68 bits per heavy atom. The van der Waals surface area contributed by atoms with Crippen LogP contribution in [0, 0.1) is 17.6 Å². The van der Waals surface area contributed by atoms with E-state index in [4.69, 9.17) is 11.6 Å². The highest BCUT2D eigenvalue weighted by Crippen LogP contribution is 2.39. The summed E-state index contributed by atoms with van der Waals surface area (Å²) >= 11 is 6.38. The molecule has 4 rings (SSSR count). The maximum atomic E-state index is 14.5. The molecule has 1 saturated heterocycles. The lowest BCUT2D eigenvalue weighted by Crippen LogP contribution is -2.35. The second-order valence-corrected chi connectivity index (χ2v) is 6.72. The van der Waals surface area contributed by atoms with Crippen molar-refractivity contribution in [3.8, 4) is 11.1 Å². The van der Waals surface area contributed by atoms with Crippen LogP contribution in [0.2, 0.25) is 5.15 Å². The lowest BCUT2D eigenvalue weighted by atomic mass is 9.98. The average Bonchev–Trinajstić information content (AvgIpc) is 3.03. The van der Waals surface area contributed by atoms with Gasteiger partial charge >= 0.3 is 0 Å². The summed E-state index contributed by atoms with van der Waals surface area (Å²) in [7, 11) is 0. The summed E-state index contributed by atoms with van der Waals surface area (Å²) in [4.78, 5) is 10.4. The molecule has 0 bridgehead atoms. The van der Waals surface area contributed by atoms with E-state index in [1.807, 2.05) is 0 Å². The number of halogens is 3. The highest BCUT2D eigenvalue weighted by molar-refractivity contribution is 6.33. The quantitative estimate of drug-likeness (QED) is 0.646. The zero-order valence-electron chi connectivity index (χ0n) is 13.6. The van der Waals surface area contributed by atoms with E-state index in [2.05, 4.69) is 26.9 Å². The van der Waals surface area contributed by atoms with Gasteiger partial charge in [0.25, 0.3) is 5.78 Å². The van der Waals surface area contributed by atoms with E-state index in [1.165, 1.54) is 18.5 Å². The van der Waals surface area contributed by atoms with Crippen LogP contribution >= 0.6 is 11.6 Å². The first-order valence-electron chi connectivity index (χ1n) is 8.14. The Bertz CT molecular complexity index is 934. The van der Waals surface area contributed by atoms with Crippen molar-refractivity contribution in [3.63, 3.8) is 0 Å². The van der Waals surface area contributed by atoms with Crippen LogP contribution in [0.15, 0.2) is 24.5 Å². The predicted octanol–water partition coefficient (Wildman–Crippen LogP) is 3.96. The molecule has 2 aromatic heterocycles. The largest absolute Gasteiger partial charge is 0.356 e. The zero-order valence-corrected chi connectivity index (χ0v) is 14.3. The Morgan fingerprint density at radius 2 is 1.96 bits per heavy atom. The molecule has 3 aromatic rings. The van der Waals surface area contributed by atoms with Gasteiger partial charge < -0.3 is 4.90 Å². The molecule has 1 aliphatic rings. The van der Waals surface area contributed by atoms with Crippen LogP contribution in [0.1, 0.15) is 19.8 Å². The summed E-state index contributed by atoms with van der Waals surface area (Å²) in [6, 6.07) is 3.44.